The number of nitrogens with zero attached hydrogens (tertiary/aromatic N) is 1. The fourth-order valence-corrected chi connectivity index (χ4v) is 2.26. The molecule has 1 N–H and O–H groups in total. The van der Waals surface area contributed by atoms with Crippen molar-refractivity contribution in [2.45, 2.75) is 19.5 Å². The Morgan fingerprint density at radius 1 is 1.35 bits per heavy atom. The molecular weight excluding hydrogens is 279 g/mol. The van der Waals surface area contributed by atoms with Crippen molar-refractivity contribution in [3.8, 4) is 0 Å². The molecule has 106 valence electrons. The molecule has 0 spiro atoms. The van der Waals surface area contributed by atoms with Crippen molar-refractivity contribution in [3.63, 3.8) is 0 Å². The fraction of sp³-hybridized carbons (Fsp3) is 0.267. The standard InChI is InChI=1S/C15H16ClFN2O/c1-10(13-4-3-12(17)8-14(13)16)18-9-11-5-6-19(2)15(20)7-11/h3-8,10,18H,9H2,1-2H3/t10-/m1/s1. The molecule has 0 saturated heterocycles. The number of hydrogen-bond acceptors (Lipinski definition) is 2. The van der Waals surface area contributed by atoms with Crippen LogP contribution in [0.25, 0.3) is 0 Å². The van der Waals surface area contributed by atoms with Crippen molar-refractivity contribution in [1.29, 1.82) is 0 Å². The van der Waals surface area contributed by atoms with E-state index in [2.05, 4.69) is 5.32 Å². The minimum atomic E-state index is -0.350. The average Bonchev–Trinajstić information content (AvgIpc) is 2.40. The molecule has 1 aromatic carbocycles. The van der Waals surface area contributed by atoms with Gasteiger partial charge in [0, 0.05) is 36.9 Å². The van der Waals surface area contributed by atoms with Crippen molar-refractivity contribution < 1.29 is 4.39 Å². The zero-order valence-corrected chi connectivity index (χ0v) is 12.1. The number of hydrogen-bond donors (Lipinski definition) is 1. The molecule has 0 saturated carbocycles. The normalized spacial score (nSPS) is 12.4. The number of pyridine rings is 1. The lowest BCUT2D eigenvalue weighted by Gasteiger charge is -2.16. The van der Waals surface area contributed by atoms with Crippen LogP contribution in [0.4, 0.5) is 4.39 Å². The van der Waals surface area contributed by atoms with Gasteiger partial charge in [0.1, 0.15) is 5.82 Å². The second-order valence-electron chi connectivity index (χ2n) is 4.75. The second kappa shape index (κ2) is 6.20. The summed E-state index contributed by atoms with van der Waals surface area (Å²) in [5.74, 6) is -0.350. The highest BCUT2D eigenvalue weighted by Crippen LogP contribution is 2.23. The Kier molecular flexibility index (Phi) is 4.57. The van der Waals surface area contributed by atoms with Crippen LogP contribution in [0, 0.1) is 5.82 Å². The summed E-state index contributed by atoms with van der Waals surface area (Å²) in [6.45, 7) is 2.49. The van der Waals surface area contributed by atoms with E-state index in [4.69, 9.17) is 11.6 Å². The molecule has 20 heavy (non-hydrogen) atoms. The Hall–Kier alpha value is -1.65. The van der Waals surface area contributed by atoms with E-state index in [0.717, 1.165) is 11.1 Å². The maximum absolute atomic E-state index is 13.0. The van der Waals surface area contributed by atoms with Crippen molar-refractivity contribution in [1.82, 2.24) is 9.88 Å². The Morgan fingerprint density at radius 3 is 2.75 bits per heavy atom. The molecular formula is C15H16ClFN2O. The third-order valence-electron chi connectivity index (χ3n) is 3.21. The molecule has 2 aromatic rings. The molecule has 1 aromatic heterocycles. The number of halogens is 2. The van der Waals surface area contributed by atoms with E-state index in [-0.39, 0.29) is 17.4 Å². The summed E-state index contributed by atoms with van der Waals surface area (Å²) in [6.07, 6.45) is 1.73. The predicted octanol–water partition coefficient (Wildman–Crippen LogP) is 3.03. The quantitative estimate of drug-likeness (QED) is 0.940. The van der Waals surface area contributed by atoms with Crippen molar-refractivity contribution >= 4 is 11.6 Å². The summed E-state index contributed by atoms with van der Waals surface area (Å²) >= 11 is 6.02. The van der Waals surface area contributed by atoms with Crippen LogP contribution < -0.4 is 10.9 Å². The molecule has 5 heteroatoms. The third-order valence-corrected chi connectivity index (χ3v) is 3.54. The van der Waals surface area contributed by atoms with Gasteiger partial charge in [0.2, 0.25) is 0 Å². The van der Waals surface area contributed by atoms with Gasteiger partial charge in [-0.2, -0.15) is 0 Å². The van der Waals surface area contributed by atoms with Gasteiger partial charge in [-0.15, -0.1) is 0 Å². The summed E-state index contributed by atoms with van der Waals surface area (Å²) in [4.78, 5) is 11.5. The lowest BCUT2D eigenvalue weighted by Crippen LogP contribution is -2.21. The van der Waals surface area contributed by atoms with Gasteiger partial charge < -0.3 is 9.88 Å². The molecule has 0 fully saturated rings. The van der Waals surface area contributed by atoms with Crippen molar-refractivity contribution in [3.05, 3.63) is 68.8 Å². The lowest BCUT2D eigenvalue weighted by atomic mass is 10.1. The zero-order chi connectivity index (χ0) is 14.7. The smallest absolute Gasteiger partial charge is 0.250 e. The number of rotatable bonds is 4. The van der Waals surface area contributed by atoms with Gasteiger partial charge in [0.15, 0.2) is 0 Å². The zero-order valence-electron chi connectivity index (χ0n) is 11.4. The minimum Gasteiger partial charge on any atom is -0.319 e. The number of aromatic nitrogens is 1. The second-order valence-corrected chi connectivity index (χ2v) is 5.16. The number of benzene rings is 1. The van der Waals surface area contributed by atoms with Gasteiger partial charge in [-0.25, -0.2) is 4.39 Å². The first kappa shape index (κ1) is 14.8. The molecule has 1 heterocycles. The maximum Gasteiger partial charge on any atom is 0.250 e. The van der Waals surface area contributed by atoms with E-state index in [9.17, 15) is 9.18 Å². The van der Waals surface area contributed by atoms with Crippen LogP contribution in [0.3, 0.4) is 0 Å². The Morgan fingerprint density at radius 2 is 2.10 bits per heavy atom. The SMILES string of the molecule is C[C@@H](NCc1ccn(C)c(=O)c1)c1ccc(F)cc1Cl. The Bertz CT molecular complexity index is 669. The Labute approximate surface area is 122 Å². The summed E-state index contributed by atoms with van der Waals surface area (Å²) in [5, 5.41) is 3.66. The highest BCUT2D eigenvalue weighted by atomic mass is 35.5. The van der Waals surface area contributed by atoms with Gasteiger partial charge >= 0.3 is 0 Å². The first-order valence-corrected chi connectivity index (χ1v) is 6.69. The summed E-state index contributed by atoms with van der Waals surface area (Å²) < 4.78 is 14.5. The van der Waals surface area contributed by atoms with Crippen LogP contribution in [0.15, 0.2) is 41.3 Å². The van der Waals surface area contributed by atoms with Crippen LogP contribution in [-0.2, 0) is 13.6 Å². The number of nitrogens with one attached hydrogen (secondary N) is 1. The highest BCUT2D eigenvalue weighted by molar-refractivity contribution is 6.31. The monoisotopic (exact) mass is 294 g/mol. The van der Waals surface area contributed by atoms with Crippen LogP contribution in [0.1, 0.15) is 24.1 Å². The van der Waals surface area contributed by atoms with Crippen LogP contribution in [0.2, 0.25) is 5.02 Å². The van der Waals surface area contributed by atoms with E-state index in [0.29, 0.717) is 11.6 Å². The molecule has 0 aliphatic heterocycles. The number of aryl methyl sites for hydroxylation is 1. The topological polar surface area (TPSA) is 34.0 Å². The first-order chi connectivity index (χ1) is 9.47. The van der Waals surface area contributed by atoms with E-state index in [1.165, 1.54) is 16.7 Å². The summed E-state index contributed by atoms with van der Waals surface area (Å²) in [7, 11) is 1.71. The van der Waals surface area contributed by atoms with E-state index < -0.39 is 0 Å². The average molecular weight is 295 g/mol. The molecule has 3 nitrogen and oxygen atoms in total. The van der Waals surface area contributed by atoms with Crippen LogP contribution in [-0.4, -0.2) is 4.57 Å². The maximum atomic E-state index is 13.0. The highest BCUT2D eigenvalue weighted by Gasteiger charge is 2.10. The van der Waals surface area contributed by atoms with Gasteiger partial charge in [-0.1, -0.05) is 17.7 Å². The van der Waals surface area contributed by atoms with Gasteiger partial charge in [-0.3, -0.25) is 4.79 Å². The predicted molar refractivity (Wildman–Crippen MR) is 78.3 cm³/mol. The summed E-state index contributed by atoms with van der Waals surface area (Å²) in [6, 6.07) is 7.79. The molecule has 0 bridgehead atoms. The van der Waals surface area contributed by atoms with Crippen molar-refractivity contribution in [2.75, 3.05) is 0 Å². The molecule has 0 aliphatic rings. The van der Waals surface area contributed by atoms with Crippen molar-refractivity contribution in [2.24, 2.45) is 7.05 Å². The van der Waals surface area contributed by atoms with E-state index in [1.54, 1.807) is 25.4 Å². The molecule has 0 unspecified atom stereocenters. The van der Waals surface area contributed by atoms with Gasteiger partial charge in [0.25, 0.3) is 5.56 Å². The van der Waals surface area contributed by atoms with E-state index >= 15 is 0 Å². The first-order valence-electron chi connectivity index (χ1n) is 6.31. The summed E-state index contributed by atoms with van der Waals surface area (Å²) in [5.41, 5.74) is 1.69. The molecule has 2 rings (SSSR count). The van der Waals surface area contributed by atoms with Gasteiger partial charge in [-0.05, 0) is 36.2 Å². The van der Waals surface area contributed by atoms with Crippen LogP contribution >= 0.6 is 11.6 Å². The third kappa shape index (κ3) is 3.46. The van der Waals surface area contributed by atoms with Gasteiger partial charge in [0.05, 0.1) is 0 Å². The fourth-order valence-electron chi connectivity index (χ4n) is 1.93. The lowest BCUT2D eigenvalue weighted by molar-refractivity contribution is 0.570. The Balaban J connectivity index is 2.06. The molecule has 0 aliphatic carbocycles. The largest absolute Gasteiger partial charge is 0.319 e. The van der Waals surface area contributed by atoms with E-state index in [1.807, 2.05) is 13.0 Å². The molecule has 0 amide bonds. The minimum absolute atomic E-state index is 0.0350. The van der Waals surface area contributed by atoms with Crippen LogP contribution in [0.5, 0.6) is 0 Å². The molecule has 1 atom stereocenters. The molecule has 0 radical (unpaired) electrons.